The second-order valence-electron chi connectivity index (χ2n) is 3.57. The van der Waals surface area contributed by atoms with Crippen LogP contribution in [0.3, 0.4) is 0 Å². The lowest BCUT2D eigenvalue weighted by Crippen LogP contribution is -2.31. The average Bonchev–Trinajstić information content (AvgIpc) is 2.12. The maximum absolute atomic E-state index is 11.2. The molecule has 1 atom stereocenters. The Hall–Kier alpha value is -0.570. The number of carbonyl (C=O) groups is 1. The summed E-state index contributed by atoms with van der Waals surface area (Å²) in [5.41, 5.74) is 0. The molecule has 0 aromatic carbocycles. The van der Waals surface area contributed by atoms with Crippen molar-refractivity contribution in [1.82, 2.24) is 10.6 Å². The van der Waals surface area contributed by atoms with Crippen LogP contribution in [-0.4, -0.2) is 26.0 Å². The average molecular weight is 186 g/mol. The zero-order valence-electron chi connectivity index (χ0n) is 9.02. The van der Waals surface area contributed by atoms with Crippen LogP contribution < -0.4 is 10.6 Å². The second-order valence-corrected chi connectivity index (χ2v) is 3.57. The number of hydrogen-bond donors (Lipinski definition) is 2. The molecule has 0 aliphatic rings. The lowest BCUT2D eigenvalue weighted by Gasteiger charge is -2.11. The molecule has 3 heteroatoms. The molecule has 1 amide bonds. The third-order valence-corrected chi connectivity index (χ3v) is 1.96. The summed E-state index contributed by atoms with van der Waals surface area (Å²) in [4.78, 5) is 11.2. The summed E-state index contributed by atoms with van der Waals surface area (Å²) in [6.45, 7) is 5.95. The zero-order valence-corrected chi connectivity index (χ0v) is 9.02. The third-order valence-electron chi connectivity index (χ3n) is 1.96. The highest BCUT2D eigenvalue weighted by molar-refractivity contribution is 5.75. The molecule has 0 bridgehead atoms. The first kappa shape index (κ1) is 12.4. The van der Waals surface area contributed by atoms with E-state index < -0.39 is 0 Å². The highest BCUT2D eigenvalue weighted by Crippen LogP contribution is 1.94. The number of carbonyl (C=O) groups excluding carboxylic acids is 1. The first-order valence-electron chi connectivity index (χ1n) is 5.12. The predicted molar refractivity (Wildman–Crippen MR) is 55.6 cm³/mol. The lowest BCUT2D eigenvalue weighted by molar-refractivity contribution is -0.121. The van der Waals surface area contributed by atoms with E-state index in [1.165, 1.54) is 0 Å². The predicted octanol–water partition coefficient (Wildman–Crippen LogP) is 1.15. The van der Waals surface area contributed by atoms with Crippen molar-refractivity contribution in [2.45, 2.75) is 33.1 Å². The van der Waals surface area contributed by atoms with Crippen LogP contribution in [0.25, 0.3) is 0 Å². The maximum Gasteiger partial charge on any atom is 0.220 e. The lowest BCUT2D eigenvalue weighted by atomic mass is 10.2. The van der Waals surface area contributed by atoms with Gasteiger partial charge in [-0.05, 0) is 25.9 Å². The van der Waals surface area contributed by atoms with Gasteiger partial charge in [-0.2, -0.15) is 0 Å². The van der Waals surface area contributed by atoms with Gasteiger partial charge in [-0.1, -0.05) is 20.3 Å². The molecule has 0 radical (unpaired) electrons. The van der Waals surface area contributed by atoms with Crippen LogP contribution in [-0.2, 0) is 4.79 Å². The van der Waals surface area contributed by atoms with Gasteiger partial charge in [-0.15, -0.1) is 0 Å². The van der Waals surface area contributed by atoms with Crippen molar-refractivity contribution in [3.63, 3.8) is 0 Å². The van der Waals surface area contributed by atoms with Gasteiger partial charge >= 0.3 is 0 Å². The van der Waals surface area contributed by atoms with Gasteiger partial charge in [-0.25, -0.2) is 0 Å². The number of unbranched alkanes of at least 4 members (excludes halogenated alkanes) is 1. The Kier molecular flexibility index (Phi) is 7.69. The molecule has 1 unspecified atom stereocenters. The van der Waals surface area contributed by atoms with E-state index in [4.69, 9.17) is 0 Å². The van der Waals surface area contributed by atoms with Crippen LogP contribution in [0.2, 0.25) is 0 Å². The highest BCUT2D eigenvalue weighted by Gasteiger charge is 2.03. The van der Waals surface area contributed by atoms with Crippen LogP contribution in [0.4, 0.5) is 0 Å². The Morgan fingerprint density at radius 2 is 2.08 bits per heavy atom. The van der Waals surface area contributed by atoms with Gasteiger partial charge in [0.15, 0.2) is 0 Å². The monoisotopic (exact) mass is 186 g/mol. The Bertz CT molecular complexity index is 137. The summed E-state index contributed by atoms with van der Waals surface area (Å²) in [6.07, 6.45) is 2.74. The zero-order chi connectivity index (χ0) is 10.1. The molecule has 0 saturated carbocycles. The van der Waals surface area contributed by atoms with Gasteiger partial charge in [0, 0.05) is 13.0 Å². The molecule has 0 aromatic heterocycles. The summed E-state index contributed by atoms with van der Waals surface area (Å²) in [7, 11) is 1.93. The van der Waals surface area contributed by atoms with Crippen molar-refractivity contribution in [1.29, 1.82) is 0 Å². The van der Waals surface area contributed by atoms with Crippen LogP contribution in [0.5, 0.6) is 0 Å². The van der Waals surface area contributed by atoms with E-state index in [-0.39, 0.29) is 5.91 Å². The Morgan fingerprint density at radius 3 is 2.62 bits per heavy atom. The molecule has 13 heavy (non-hydrogen) atoms. The molecule has 0 aliphatic heterocycles. The molecule has 0 aromatic rings. The van der Waals surface area contributed by atoms with E-state index in [1.54, 1.807) is 0 Å². The Labute approximate surface area is 81.3 Å². The first-order valence-corrected chi connectivity index (χ1v) is 5.12. The minimum Gasteiger partial charge on any atom is -0.356 e. The largest absolute Gasteiger partial charge is 0.356 e. The van der Waals surface area contributed by atoms with Gasteiger partial charge < -0.3 is 10.6 Å². The number of hydrogen-bond acceptors (Lipinski definition) is 2. The van der Waals surface area contributed by atoms with Gasteiger partial charge in [-0.3, -0.25) is 4.79 Å². The van der Waals surface area contributed by atoms with E-state index in [1.807, 2.05) is 7.05 Å². The van der Waals surface area contributed by atoms with Gasteiger partial charge in [0.05, 0.1) is 0 Å². The molecule has 0 heterocycles. The highest BCUT2D eigenvalue weighted by atomic mass is 16.1. The van der Waals surface area contributed by atoms with Gasteiger partial charge in [0.2, 0.25) is 5.91 Å². The molecule has 0 saturated heterocycles. The fourth-order valence-corrected chi connectivity index (χ4v) is 1.13. The minimum atomic E-state index is 0.185. The normalized spacial score (nSPS) is 12.5. The van der Waals surface area contributed by atoms with Crippen molar-refractivity contribution in [2.75, 3.05) is 20.1 Å². The van der Waals surface area contributed by atoms with E-state index >= 15 is 0 Å². The quantitative estimate of drug-likeness (QED) is 0.626. The fraction of sp³-hybridized carbons (Fsp3) is 0.900. The molecular formula is C10H22N2O. The molecule has 0 rings (SSSR count). The molecule has 0 spiro atoms. The maximum atomic E-state index is 11.2. The Balaban J connectivity index is 3.34. The molecule has 0 fully saturated rings. The van der Waals surface area contributed by atoms with E-state index in [0.29, 0.717) is 12.3 Å². The SMILES string of the molecule is CCCCC(=O)NCC(C)CNC. The summed E-state index contributed by atoms with van der Waals surface area (Å²) >= 11 is 0. The summed E-state index contributed by atoms with van der Waals surface area (Å²) in [5.74, 6) is 0.695. The number of nitrogens with one attached hydrogen (secondary N) is 2. The third kappa shape index (κ3) is 7.78. The van der Waals surface area contributed by atoms with Crippen LogP contribution in [0, 0.1) is 5.92 Å². The van der Waals surface area contributed by atoms with Crippen molar-refractivity contribution in [3.8, 4) is 0 Å². The van der Waals surface area contributed by atoms with Crippen molar-refractivity contribution in [3.05, 3.63) is 0 Å². The summed E-state index contributed by atoms with van der Waals surface area (Å²) < 4.78 is 0. The van der Waals surface area contributed by atoms with Crippen LogP contribution >= 0.6 is 0 Å². The van der Waals surface area contributed by atoms with E-state index in [9.17, 15) is 4.79 Å². The van der Waals surface area contributed by atoms with Crippen molar-refractivity contribution < 1.29 is 4.79 Å². The molecule has 2 N–H and O–H groups in total. The molecule has 78 valence electrons. The van der Waals surface area contributed by atoms with Gasteiger partial charge in [0.1, 0.15) is 0 Å². The van der Waals surface area contributed by atoms with Gasteiger partial charge in [0.25, 0.3) is 0 Å². The summed E-state index contributed by atoms with van der Waals surface area (Å²) in [6, 6.07) is 0. The van der Waals surface area contributed by atoms with E-state index in [0.717, 1.165) is 25.9 Å². The standard InChI is InChI=1S/C10H22N2O/c1-4-5-6-10(13)12-8-9(2)7-11-3/h9,11H,4-8H2,1-3H3,(H,12,13). The summed E-state index contributed by atoms with van der Waals surface area (Å²) in [5, 5.41) is 6.01. The topological polar surface area (TPSA) is 41.1 Å². The number of amides is 1. The second kappa shape index (κ2) is 8.05. The van der Waals surface area contributed by atoms with Crippen molar-refractivity contribution >= 4 is 5.91 Å². The smallest absolute Gasteiger partial charge is 0.220 e. The minimum absolute atomic E-state index is 0.185. The molecule has 0 aliphatic carbocycles. The molecular weight excluding hydrogens is 164 g/mol. The van der Waals surface area contributed by atoms with Crippen LogP contribution in [0.15, 0.2) is 0 Å². The van der Waals surface area contributed by atoms with Crippen LogP contribution in [0.1, 0.15) is 33.1 Å². The number of rotatable bonds is 7. The molecule has 3 nitrogen and oxygen atoms in total. The first-order chi connectivity index (χ1) is 6.20. The Morgan fingerprint density at radius 1 is 1.38 bits per heavy atom. The van der Waals surface area contributed by atoms with Crippen molar-refractivity contribution in [2.24, 2.45) is 5.92 Å². The van der Waals surface area contributed by atoms with E-state index in [2.05, 4.69) is 24.5 Å². The fourth-order valence-electron chi connectivity index (χ4n) is 1.13.